The molecule has 0 aliphatic rings. The quantitative estimate of drug-likeness (QED) is 0.766. The molecule has 0 bridgehead atoms. The minimum atomic E-state index is -1.12. The van der Waals surface area contributed by atoms with Gasteiger partial charge in [0.25, 0.3) is 5.91 Å². The lowest BCUT2D eigenvalue weighted by molar-refractivity contribution is 0.0698. The number of carbonyl (C=O) groups excluding carboxylic acids is 1. The minimum absolute atomic E-state index is 0.00161. The summed E-state index contributed by atoms with van der Waals surface area (Å²) >= 11 is 6.50. The molecule has 2 rings (SSSR count). The Kier molecular flexibility index (Phi) is 5.20. The van der Waals surface area contributed by atoms with Crippen molar-refractivity contribution in [1.29, 1.82) is 0 Å². The fraction of sp³-hybridized carbons (Fsp3) is 0.0667. The van der Waals surface area contributed by atoms with Gasteiger partial charge >= 0.3 is 5.97 Å². The maximum Gasteiger partial charge on any atom is 0.337 e. The molecule has 22 heavy (non-hydrogen) atoms. The molecule has 1 amide bonds. The Morgan fingerprint density at radius 1 is 1.09 bits per heavy atom. The Hall–Kier alpha value is -1.86. The van der Waals surface area contributed by atoms with Crippen molar-refractivity contribution in [2.24, 2.45) is 0 Å². The molecular formula is C15H11Br2NO4. The number of hydrogen-bond donors (Lipinski definition) is 2. The van der Waals surface area contributed by atoms with Crippen molar-refractivity contribution >= 4 is 49.4 Å². The molecule has 114 valence electrons. The Labute approximate surface area is 143 Å². The molecule has 0 radical (unpaired) electrons. The van der Waals surface area contributed by atoms with Crippen LogP contribution >= 0.6 is 31.9 Å². The third kappa shape index (κ3) is 3.66. The summed E-state index contributed by atoms with van der Waals surface area (Å²) in [6, 6.07) is 9.58. The largest absolute Gasteiger partial charge is 0.497 e. The van der Waals surface area contributed by atoms with E-state index in [1.807, 2.05) is 0 Å². The molecule has 7 heteroatoms. The van der Waals surface area contributed by atoms with E-state index in [0.29, 0.717) is 20.3 Å². The average molecular weight is 429 g/mol. The topological polar surface area (TPSA) is 75.6 Å². The summed E-state index contributed by atoms with van der Waals surface area (Å²) < 4.78 is 6.29. The van der Waals surface area contributed by atoms with Crippen molar-refractivity contribution in [3.8, 4) is 5.75 Å². The highest BCUT2D eigenvalue weighted by molar-refractivity contribution is 9.10. The molecule has 0 aromatic heterocycles. The average Bonchev–Trinajstić information content (AvgIpc) is 2.49. The Morgan fingerprint density at radius 3 is 2.45 bits per heavy atom. The van der Waals surface area contributed by atoms with Crippen LogP contribution in [-0.4, -0.2) is 24.1 Å². The molecule has 2 N–H and O–H groups in total. The van der Waals surface area contributed by atoms with Gasteiger partial charge in [0.15, 0.2) is 0 Å². The number of hydrogen-bond acceptors (Lipinski definition) is 3. The molecule has 0 saturated heterocycles. The molecule has 0 saturated carbocycles. The number of carbonyl (C=O) groups is 2. The fourth-order valence-corrected chi connectivity index (χ4v) is 2.59. The molecule has 0 heterocycles. The number of benzene rings is 2. The first-order valence-corrected chi connectivity index (χ1v) is 7.68. The van der Waals surface area contributed by atoms with Crippen LogP contribution in [0, 0.1) is 0 Å². The van der Waals surface area contributed by atoms with Crippen molar-refractivity contribution in [3.63, 3.8) is 0 Å². The minimum Gasteiger partial charge on any atom is -0.497 e. The summed E-state index contributed by atoms with van der Waals surface area (Å²) in [6.07, 6.45) is 0. The lowest BCUT2D eigenvalue weighted by Crippen LogP contribution is -2.15. The van der Waals surface area contributed by atoms with Crippen LogP contribution < -0.4 is 10.1 Å². The van der Waals surface area contributed by atoms with E-state index in [2.05, 4.69) is 37.2 Å². The highest BCUT2D eigenvalue weighted by atomic mass is 79.9. The number of anilines is 1. The predicted octanol–water partition coefficient (Wildman–Crippen LogP) is 4.17. The first-order chi connectivity index (χ1) is 10.4. The number of nitrogens with one attached hydrogen (secondary N) is 1. The first-order valence-electron chi connectivity index (χ1n) is 6.10. The number of ether oxygens (including phenoxy) is 1. The molecule has 0 aliphatic carbocycles. The zero-order chi connectivity index (χ0) is 16.3. The number of amides is 1. The Morgan fingerprint density at radius 2 is 1.82 bits per heavy atom. The van der Waals surface area contributed by atoms with Crippen molar-refractivity contribution in [3.05, 3.63) is 56.5 Å². The van der Waals surface area contributed by atoms with Gasteiger partial charge in [0.1, 0.15) is 5.75 Å². The lowest BCUT2D eigenvalue weighted by atomic mass is 10.1. The Balaban J connectivity index is 2.35. The van der Waals surface area contributed by atoms with Gasteiger partial charge in [-0.3, -0.25) is 4.79 Å². The van der Waals surface area contributed by atoms with Gasteiger partial charge in [-0.05, 0) is 52.3 Å². The summed E-state index contributed by atoms with van der Waals surface area (Å²) in [6.45, 7) is 0. The van der Waals surface area contributed by atoms with Crippen molar-refractivity contribution in [2.45, 2.75) is 0 Å². The second-order valence-corrected chi connectivity index (χ2v) is 6.06. The molecule has 5 nitrogen and oxygen atoms in total. The third-order valence-corrected chi connectivity index (χ3v) is 4.06. The number of rotatable bonds is 4. The fourth-order valence-electron chi connectivity index (χ4n) is 1.80. The second kappa shape index (κ2) is 6.93. The van der Waals surface area contributed by atoms with Crippen LogP contribution in [-0.2, 0) is 0 Å². The third-order valence-electron chi connectivity index (χ3n) is 2.88. The van der Waals surface area contributed by atoms with E-state index in [9.17, 15) is 14.7 Å². The van der Waals surface area contributed by atoms with Gasteiger partial charge in [-0.25, -0.2) is 4.79 Å². The van der Waals surface area contributed by atoms with Crippen molar-refractivity contribution in [2.75, 3.05) is 12.4 Å². The lowest BCUT2D eigenvalue weighted by Gasteiger charge is -2.11. The molecule has 0 fully saturated rings. The molecule has 0 aliphatic heterocycles. The molecule has 0 spiro atoms. The molecule has 0 unspecified atom stereocenters. The normalized spacial score (nSPS) is 10.1. The van der Waals surface area contributed by atoms with E-state index in [-0.39, 0.29) is 11.3 Å². The van der Waals surface area contributed by atoms with Crippen LogP contribution in [0.1, 0.15) is 20.7 Å². The van der Waals surface area contributed by atoms with E-state index < -0.39 is 11.9 Å². The van der Waals surface area contributed by atoms with Crippen LogP contribution in [0.25, 0.3) is 0 Å². The molecular weight excluding hydrogens is 418 g/mol. The maximum atomic E-state index is 12.4. The molecule has 2 aromatic rings. The SMILES string of the molecule is COc1ccc(Br)c(C(=O)Nc2ccc(Br)cc2C(=O)O)c1. The maximum absolute atomic E-state index is 12.4. The highest BCUT2D eigenvalue weighted by Crippen LogP contribution is 2.25. The van der Waals surface area contributed by atoms with Gasteiger partial charge in [-0.15, -0.1) is 0 Å². The van der Waals surface area contributed by atoms with Crippen LogP contribution in [0.3, 0.4) is 0 Å². The zero-order valence-electron chi connectivity index (χ0n) is 11.4. The van der Waals surface area contributed by atoms with E-state index in [1.165, 1.54) is 19.2 Å². The Bertz CT molecular complexity index is 746. The number of methoxy groups -OCH3 is 1. The van der Waals surface area contributed by atoms with Gasteiger partial charge in [-0.1, -0.05) is 15.9 Å². The van der Waals surface area contributed by atoms with E-state index in [4.69, 9.17) is 4.74 Å². The van der Waals surface area contributed by atoms with Crippen molar-refractivity contribution < 1.29 is 19.4 Å². The van der Waals surface area contributed by atoms with Gasteiger partial charge in [0.2, 0.25) is 0 Å². The summed E-state index contributed by atoms with van der Waals surface area (Å²) in [5, 5.41) is 11.8. The molecule has 0 atom stereocenters. The van der Waals surface area contributed by atoms with Gasteiger partial charge in [0, 0.05) is 8.95 Å². The van der Waals surface area contributed by atoms with Gasteiger partial charge in [-0.2, -0.15) is 0 Å². The summed E-state index contributed by atoms with van der Waals surface area (Å²) in [7, 11) is 1.50. The zero-order valence-corrected chi connectivity index (χ0v) is 14.6. The smallest absolute Gasteiger partial charge is 0.337 e. The van der Waals surface area contributed by atoms with E-state index in [0.717, 1.165) is 0 Å². The van der Waals surface area contributed by atoms with Gasteiger partial charge < -0.3 is 15.2 Å². The van der Waals surface area contributed by atoms with Crippen molar-refractivity contribution in [1.82, 2.24) is 0 Å². The monoisotopic (exact) mass is 427 g/mol. The van der Waals surface area contributed by atoms with Crippen LogP contribution in [0.2, 0.25) is 0 Å². The first kappa shape index (κ1) is 16.5. The van der Waals surface area contributed by atoms with E-state index in [1.54, 1.807) is 24.3 Å². The van der Waals surface area contributed by atoms with Crippen LogP contribution in [0.4, 0.5) is 5.69 Å². The summed E-state index contributed by atoms with van der Waals surface area (Å²) in [5.74, 6) is -1.03. The highest BCUT2D eigenvalue weighted by Gasteiger charge is 2.16. The summed E-state index contributed by atoms with van der Waals surface area (Å²) in [4.78, 5) is 23.6. The number of carboxylic acids is 1. The second-order valence-electron chi connectivity index (χ2n) is 4.29. The standard InChI is InChI=1S/C15H11Br2NO4/c1-22-9-3-4-12(17)10(7-9)14(19)18-13-5-2-8(16)6-11(13)15(20)21/h2-7H,1H3,(H,18,19)(H,20,21). The van der Waals surface area contributed by atoms with Gasteiger partial charge in [0.05, 0.1) is 23.9 Å². The number of carboxylic acid groups (broad SMARTS) is 1. The molecule has 2 aromatic carbocycles. The van der Waals surface area contributed by atoms with E-state index >= 15 is 0 Å². The number of aromatic carboxylic acids is 1. The number of halogens is 2. The predicted molar refractivity (Wildman–Crippen MR) is 89.7 cm³/mol. The summed E-state index contributed by atoms with van der Waals surface area (Å²) in [5.41, 5.74) is 0.566. The van der Waals surface area contributed by atoms with Crippen LogP contribution in [0.15, 0.2) is 45.3 Å². The van der Waals surface area contributed by atoms with Crippen LogP contribution in [0.5, 0.6) is 5.75 Å².